The van der Waals surface area contributed by atoms with E-state index in [4.69, 9.17) is 9.47 Å². The third-order valence-corrected chi connectivity index (χ3v) is 5.49. The van der Waals surface area contributed by atoms with Crippen LogP contribution in [0.15, 0.2) is 54.6 Å². The summed E-state index contributed by atoms with van der Waals surface area (Å²) in [6.45, 7) is 7.24. The minimum absolute atomic E-state index is 0.0445. The maximum atomic E-state index is 12.9. The lowest BCUT2D eigenvalue weighted by Gasteiger charge is -2.29. The molecule has 31 heavy (non-hydrogen) atoms. The number of carbonyl (C=O) groups is 2. The molecule has 1 heterocycles. The molecule has 1 aliphatic rings. The average Bonchev–Trinajstić information content (AvgIpc) is 2.82. The highest BCUT2D eigenvalue weighted by Crippen LogP contribution is 2.20. The molecule has 7 nitrogen and oxygen atoms in total. The molecule has 0 aliphatic carbocycles. The maximum Gasteiger partial charge on any atom is 0.408 e. The average molecular weight is 426 g/mol. The molecule has 7 heteroatoms. The molecule has 0 unspecified atom stereocenters. The van der Waals surface area contributed by atoms with Gasteiger partial charge in [0, 0.05) is 24.5 Å². The summed E-state index contributed by atoms with van der Waals surface area (Å²) in [4.78, 5) is 27.4. The quantitative estimate of drug-likeness (QED) is 0.672. The molecule has 0 aromatic heterocycles. The Balaban J connectivity index is 1.56. The number of ether oxygens (including phenoxy) is 2. The third-order valence-electron chi connectivity index (χ3n) is 5.49. The number of nitrogens with one attached hydrogen (secondary N) is 2. The Morgan fingerprint density at radius 2 is 1.74 bits per heavy atom. The Morgan fingerprint density at radius 3 is 2.39 bits per heavy atom. The van der Waals surface area contributed by atoms with Gasteiger partial charge in [0.15, 0.2) is 0 Å². The van der Waals surface area contributed by atoms with Gasteiger partial charge in [-0.05, 0) is 35.7 Å². The number of hydrogen-bond donors (Lipinski definition) is 2. The summed E-state index contributed by atoms with van der Waals surface area (Å²) in [6, 6.07) is 16.5. The van der Waals surface area contributed by atoms with Gasteiger partial charge < -0.3 is 25.0 Å². The van der Waals surface area contributed by atoms with Crippen LogP contribution < -0.4 is 15.5 Å². The van der Waals surface area contributed by atoms with Gasteiger partial charge in [0.1, 0.15) is 12.6 Å². The molecule has 0 spiro atoms. The highest BCUT2D eigenvalue weighted by Gasteiger charge is 2.26. The second-order valence-electron chi connectivity index (χ2n) is 7.70. The summed E-state index contributed by atoms with van der Waals surface area (Å²) < 4.78 is 10.7. The van der Waals surface area contributed by atoms with E-state index >= 15 is 0 Å². The van der Waals surface area contributed by atoms with Crippen LogP contribution in [-0.4, -0.2) is 44.3 Å². The molecule has 166 valence electrons. The Morgan fingerprint density at radius 1 is 1.06 bits per heavy atom. The molecule has 1 saturated heterocycles. The van der Waals surface area contributed by atoms with Crippen molar-refractivity contribution in [2.75, 3.05) is 36.5 Å². The Labute approximate surface area is 183 Å². The van der Waals surface area contributed by atoms with Gasteiger partial charge >= 0.3 is 6.09 Å². The number of morpholine rings is 1. The van der Waals surface area contributed by atoms with Crippen LogP contribution in [0.1, 0.15) is 25.8 Å². The van der Waals surface area contributed by atoms with Gasteiger partial charge in [-0.1, -0.05) is 50.6 Å². The molecule has 0 bridgehead atoms. The fourth-order valence-electron chi connectivity index (χ4n) is 3.39. The van der Waals surface area contributed by atoms with Gasteiger partial charge in [0.25, 0.3) is 0 Å². The number of alkyl carbamates (subject to hydrolysis) is 1. The van der Waals surface area contributed by atoms with Crippen LogP contribution in [0.2, 0.25) is 0 Å². The lowest BCUT2D eigenvalue weighted by molar-refractivity contribution is -0.119. The van der Waals surface area contributed by atoms with E-state index in [9.17, 15) is 9.59 Å². The SMILES string of the molecule is CC[C@H](C)[C@H](NC(=O)OCc1ccccc1)C(=O)Nc1ccc(N2CCOCC2)cc1. The predicted octanol–water partition coefficient (Wildman–Crippen LogP) is 3.80. The van der Waals surface area contributed by atoms with E-state index in [-0.39, 0.29) is 18.4 Å². The standard InChI is InChI=1S/C24H31N3O4/c1-3-18(2)22(26-24(29)31-17-19-7-5-4-6-8-19)23(28)25-20-9-11-21(12-10-20)27-13-15-30-16-14-27/h4-12,18,22H,3,13-17H2,1-2H3,(H,25,28)(H,26,29)/t18-,22-/m0/s1. The second kappa shape index (κ2) is 11.4. The van der Waals surface area contributed by atoms with Crippen LogP contribution in [0.4, 0.5) is 16.2 Å². The van der Waals surface area contributed by atoms with Gasteiger partial charge in [-0.2, -0.15) is 0 Å². The van der Waals surface area contributed by atoms with Crippen LogP contribution in [0, 0.1) is 5.92 Å². The first-order chi connectivity index (χ1) is 15.1. The van der Waals surface area contributed by atoms with Crippen molar-refractivity contribution in [2.24, 2.45) is 5.92 Å². The molecule has 2 N–H and O–H groups in total. The van der Waals surface area contributed by atoms with Crippen LogP contribution in [0.5, 0.6) is 0 Å². The van der Waals surface area contributed by atoms with Crippen LogP contribution >= 0.6 is 0 Å². The monoisotopic (exact) mass is 425 g/mol. The van der Waals surface area contributed by atoms with Crippen LogP contribution in [0.3, 0.4) is 0 Å². The van der Waals surface area contributed by atoms with Crippen molar-refractivity contribution in [3.8, 4) is 0 Å². The Kier molecular flexibility index (Phi) is 8.29. The molecule has 2 aromatic carbocycles. The number of rotatable bonds is 8. The number of benzene rings is 2. The van der Waals surface area contributed by atoms with E-state index in [1.165, 1.54) is 0 Å². The van der Waals surface area contributed by atoms with Crippen molar-refractivity contribution < 1.29 is 19.1 Å². The van der Waals surface area contributed by atoms with Crippen molar-refractivity contribution in [3.63, 3.8) is 0 Å². The number of nitrogens with zero attached hydrogens (tertiary/aromatic N) is 1. The van der Waals surface area contributed by atoms with E-state index in [0.717, 1.165) is 44.0 Å². The molecule has 1 fully saturated rings. The molecule has 2 aromatic rings. The topological polar surface area (TPSA) is 79.9 Å². The summed E-state index contributed by atoms with van der Waals surface area (Å²) in [6.07, 6.45) is 0.138. The molecule has 2 atom stereocenters. The van der Waals surface area contributed by atoms with Crippen molar-refractivity contribution in [1.29, 1.82) is 0 Å². The largest absolute Gasteiger partial charge is 0.445 e. The minimum atomic E-state index is -0.688. The predicted molar refractivity (Wildman–Crippen MR) is 121 cm³/mol. The van der Waals surface area contributed by atoms with Crippen LogP contribution in [0.25, 0.3) is 0 Å². The van der Waals surface area contributed by atoms with Crippen molar-refractivity contribution in [2.45, 2.75) is 32.9 Å². The summed E-state index contributed by atoms with van der Waals surface area (Å²) in [7, 11) is 0. The fraction of sp³-hybridized carbons (Fsp3) is 0.417. The van der Waals surface area contributed by atoms with E-state index in [2.05, 4.69) is 15.5 Å². The molecule has 3 rings (SSSR count). The number of anilines is 2. The molecule has 0 radical (unpaired) electrons. The number of hydrogen-bond acceptors (Lipinski definition) is 5. The Bertz CT molecular complexity index is 836. The summed E-state index contributed by atoms with van der Waals surface area (Å²) in [5.74, 6) is -0.304. The van der Waals surface area contributed by atoms with Gasteiger partial charge in [0.2, 0.25) is 5.91 Å². The van der Waals surface area contributed by atoms with Gasteiger partial charge in [-0.3, -0.25) is 4.79 Å². The first-order valence-electron chi connectivity index (χ1n) is 10.8. The zero-order valence-corrected chi connectivity index (χ0v) is 18.2. The molecule has 0 saturated carbocycles. The van der Waals surface area contributed by atoms with Gasteiger partial charge in [-0.25, -0.2) is 4.79 Å². The van der Waals surface area contributed by atoms with E-state index in [1.54, 1.807) is 0 Å². The number of amides is 2. The first-order valence-corrected chi connectivity index (χ1v) is 10.8. The molecule has 2 amide bonds. The van der Waals surface area contributed by atoms with E-state index < -0.39 is 12.1 Å². The second-order valence-corrected chi connectivity index (χ2v) is 7.70. The fourth-order valence-corrected chi connectivity index (χ4v) is 3.39. The zero-order chi connectivity index (χ0) is 22.1. The lowest BCUT2D eigenvalue weighted by Crippen LogP contribution is -2.47. The molecular weight excluding hydrogens is 394 g/mol. The third kappa shape index (κ3) is 6.72. The summed E-state index contributed by atoms with van der Waals surface area (Å²) >= 11 is 0. The van der Waals surface area contributed by atoms with E-state index in [1.807, 2.05) is 68.4 Å². The van der Waals surface area contributed by atoms with Crippen LogP contribution in [-0.2, 0) is 20.9 Å². The highest BCUT2D eigenvalue weighted by molar-refractivity contribution is 5.96. The number of carbonyl (C=O) groups excluding carboxylic acids is 2. The highest BCUT2D eigenvalue weighted by atomic mass is 16.5. The lowest BCUT2D eigenvalue weighted by atomic mass is 9.98. The normalized spacial score (nSPS) is 15.6. The summed E-state index contributed by atoms with van der Waals surface area (Å²) in [5.41, 5.74) is 2.68. The first kappa shape index (κ1) is 22.6. The van der Waals surface area contributed by atoms with Crippen molar-refractivity contribution in [1.82, 2.24) is 5.32 Å². The van der Waals surface area contributed by atoms with E-state index in [0.29, 0.717) is 5.69 Å². The maximum absolute atomic E-state index is 12.9. The van der Waals surface area contributed by atoms with Crippen molar-refractivity contribution in [3.05, 3.63) is 60.2 Å². The summed E-state index contributed by atoms with van der Waals surface area (Å²) in [5, 5.41) is 5.64. The van der Waals surface area contributed by atoms with Gasteiger partial charge in [0.05, 0.1) is 13.2 Å². The smallest absolute Gasteiger partial charge is 0.408 e. The van der Waals surface area contributed by atoms with Crippen molar-refractivity contribution >= 4 is 23.4 Å². The van der Waals surface area contributed by atoms with Gasteiger partial charge in [-0.15, -0.1) is 0 Å². The minimum Gasteiger partial charge on any atom is -0.445 e. The molecule has 1 aliphatic heterocycles. The Hall–Kier alpha value is -3.06. The molecular formula is C24H31N3O4. The zero-order valence-electron chi connectivity index (χ0n) is 18.2.